The van der Waals surface area contributed by atoms with Gasteiger partial charge in [-0.15, -0.1) is 0 Å². The first-order chi connectivity index (χ1) is 13.6. The average molecular weight is 401 g/mol. The van der Waals surface area contributed by atoms with Crippen LogP contribution in [0, 0.1) is 5.92 Å². The molecule has 2 aromatic rings. The van der Waals surface area contributed by atoms with E-state index in [1.54, 1.807) is 18.2 Å². The highest BCUT2D eigenvalue weighted by atomic mass is 35.5. The fourth-order valence-electron chi connectivity index (χ4n) is 3.52. The van der Waals surface area contributed by atoms with Crippen LogP contribution in [0.1, 0.15) is 49.0 Å². The Morgan fingerprint density at radius 2 is 1.86 bits per heavy atom. The van der Waals surface area contributed by atoms with Crippen molar-refractivity contribution in [1.29, 1.82) is 0 Å². The predicted octanol–water partition coefficient (Wildman–Crippen LogP) is 4.22. The summed E-state index contributed by atoms with van der Waals surface area (Å²) >= 11 is 6.01. The van der Waals surface area contributed by atoms with E-state index in [-0.39, 0.29) is 11.9 Å². The Morgan fingerprint density at radius 3 is 2.57 bits per heavy atom. The number of carbonyl (C=O) groups is 1. The number of aliphatic hydroxyl groups is 1. The molecule has 2 saturated carbocycles. The lowest BCUT2D eigenvalue weighted by Crippen LogP contribution is -2.45. The Labute approximate surface area is 170 Å². The van der Waals surface area contributed by atoms with E-state index in [0.29, 0.717) is 34.7 Å². The van der Waals surface area contributed by atoms with Gasteiger partial charge in [0, 0.05) is 10.6 Å². The maximum atomic E-state index is 12.7. The number of hydrogen-bond donors (Lipinski definition) is 2. The van der Waals surface area contributed by atoms with Gasteiger partial charge in [-0.05, 0) is 55.9 Å². The molecule has 2 fully saturated rings. The second kappa shape index (κ2) is 8.50. The number of amides is 1. The van der Waals surface area contributed by atoms with Gasteiger partial charge in [-0.2, -0.15) is 0 Å². The summed E-state index contributed by atoms with van der Waals surface area (Å²) in [7, 11) is 0. The molecule has 4 rings (SSSR count). The third-order valence-electron chi connectivity index (χ3n) is 5.43. The van der Waals surface area contributed by atoms with E-state index in [4.69, 9.17) is 16.3 Å². The van der Waals surface area contributed by atoms with Gasteiger partial charge in [0.05, 0.1) is 18.8 Å². The molecule has 0 saturated heterocycles. The number of nitrogens with zero attached hydrogens (tertiary/aromatic N) is 1. The van der Waals surface area contributed by atoms with Crippen molar-refractivity contribution in [2.45, 2.75) is 50.7 Å². The van der Waals surface area contributed by atoms with Gasteiger partial charge in [0.25, 0.3) is 5.91 Å². The van der Waals surface area contributed by atoms with Crippen LogP contribution in [0.25, 0.3) is 11.3 Å². The SMILES string of the molecule is O=C(N[C@@H]1CCCC[C@H]1O)c1ccc(OCC2CC2)c(-c2ccc(Cl)cc2)n1. The number of ether oxygens (including phenoxy) is 1. The highest BCUT2D eigenvalue weighted by Gasteiger charge is 2.26. The molecule has 28 heavy (non-hydrogen) atoms. The molecule has 2 aliphatic rings. The Balaban J connectivity index is 1.57. The Hall–Kier alpha value is -2.11. The number of pyridine rings is 1. The van der Waals surface area contributed by atoms with E-state index in [1.165, 1.54) is 12.8 Å². The van der Waals surface area contributed by atoms with Crippen LogP contribution in [-0.2, 0) is 0 Å². The first-order valence-electron chi connectivity index (χ1n) is 9.99. The highest BCUT2D eigenvalue weighted by molar-refractivity contribution is 6.30. The third kappa shape index (κ3) is 4.65. The second-order valence-electron chi connectivity index (χ2n) is 7.74. The molecule has 0 radical (unpaired) electrons. The van der Waals surface area contributed by atoms with Crippen LogP contribution in [0.2, 0.25) is 5.02 Å². The zero-order chi connectivity index (χ0) is 19.5. The predicted molar refractivity (Wildman–Crippen MR) is 109 cm³/mol. The molecule has 0 aliphatic heterocycles. The van der Waals surface area contributed by atoms with Gasteiger partial charge in [0.1, 0.15) is 17.1 Å². The van der Waals surface area contributed by atoms with Crippen molar-refractivity contribution in [3.63, 3.8) is 0 Å². The molecule has 1 aromatic carbocycles. The number of aromatic nitrogens is 1. The molecule has 1 aromatic heterocycles. The fraction of sp³-hybridized carbons (Fsp3) is 0.455. The number of benzene rings is 1. The fourth-order valence-corrected chi connectivity index (χ4v) is 3.64. The zero-order valence-electron chi connectivity index (χ0n) is 15.7. The maximum Gasteiger partial charge on any atom is 0.270 e. The summed E-state index contributed by atoms with van der Waals surface area (Å²) in [5.41, 5.74) is 1.80. The van der Waals surface area contributed by atoms with Crippen LogP contribution in [0.3, 0.4) is 0 Å². The van der Waals surface area contributed by atoms with Gasteiger partial charge >= 0.3 is 0 Å². The van der Waals surface area contributed by atoms with Crippen LogP contribution >= 0.6 is 11.6 Å². The average Bonchev–Trinajstić information content (AvgIpc) is 3.53. The number of hydrogen-bond acceptors (Lipinski definition) is 4. The van der Waals surface area contributed by atoms with Crippen LogP contribution in [-0.4, -0.2) is 34.8 Å². The number of carbonyl (C=O) groups excluding carboxylic acids is 1. The van der Waals surface area contributed by atoms with Crippen LogP contribution in [0.15, 0.2) is 36.4 Å². The Kier molecular flexibility index (Phi) is 5.83. The summed E-state index contributed by atoms with van der Waals surface area (Å²) in [4.78, 5) is 17.3. The number of nitrogens with one attached hydrogen (secondary N) is 1. The van der Waals surface area contributed by atoms with E-state index in [9.17, 15) is 9.90 Å². The summed E-state index contributed by atoms with van der Waals surface area (Å²) in [5.74, 6) is 1.02. The van der Waals surface area contributed by atoms with E-state index < -0.39 is 6.10 Å². The minimum absolute atomic E-state index is 0.215. The topological polar surface area (TPSA) is 71.5 Å². The van der Waals surface area contributed by atoms with Gasteiger partial charge in [-0.25, -0.2) is 4.98 Å². The standard InChI is InChI=1S/C22H25ClN2O3/c23-16-9-7-15(8-10-16)21-20(28-13-14-5-6-14)12-11-18(24-21)22(27)25-17-3-1-2-4-19(17)26/h7-12,14,17,19,26H,1-6,13H2,(H,25,27)/t17-,19-/m1/s1. The minimum atomic E-state index is -0.491. The summed E-state index contributed by atoms with van der Waals surface area (Å²) in [6, 6.07) is 10.6. The molecule has 1 amide bonds. The van der Waals surface area contributed by atoms with Gasteiger partial charge in [0.2, 0.25) is 0 Å². The van der Waals surface area contributed by atoms with Crippen molar-refractivity contribution in [3.05, 3.63) is 47.1 Å². The molecular weight excluding hydrogens is 376 g/mol. The first-order valence-corrected chi connectivity index (χ1v) is 10.4. The van der Waals surface area contributed by atoms with Crippen molar-refractivity contribution < 1.29 is 14.6 Å². The Morgan fingerprint density at radius 1 is 1.11 bits per heavy atom. The molecule has 0 unspecified atom stereocenters. The molecular formula is C22H25ClN2O3. The van der Waals surface area contributed by atoms with Crippen molar-refractivity contribution in [1.82, 2.24) is 10.3 Å². The van der Waals surface area contributed by atoms with Gasteiger partial charge in [-0.3, -0.25) is 4.79 Å². The van der Waals surface area contributed by atoms with Gasteiger partial charge in [-0.1, -0.05) is 36.6 Å². The lowest BCUT2D eigenvalue weighted by atomic mass is 9.92. The largest absolute Gasteiger partial charge is 0.491 e. The molecule has 1 heterocycles. The number of halogens is 1. The monoisotopic (exact) mass is 400 g/mol. The molecule has 2 N–H and O–H groups in total. The zero-order valence-corrected chi connectivity index (χ0v) is 16.5. The first kappa shape index (κ1) is 19.2. The maximum absolute atomic E-state index is 12.7. The number of aliphatic hydroxyl groups excluding tert-OH is 1. The van der Waals surface area contributed by atoms with Crippen LogP contribution < -0.4 is 10.1 Å². The van der Waals surface area contributed by atoms with E-state index in [2.05, 4.69) is 10.3 Å². The lowest BCUT2D eigenvalue weighted by Gasteiger charge is -2.28. The molecule has 148 valence electrons. The summed E-state index contributed by atoms with van der Waals surface area (Å²) in [5, 5.41) is 13.7. The quantitative estimate of drug-likeness (QED) is 0.761. The van der Waals surface area contributed by atoms with Crippen molar-refractivity contribution in [2.24, 2.45) is 5.92 Å². The molecule has 6 heteroatoms. The normalized spacial score (nSPS) is 21.9. The highest BCUT2D eigenvalue weighted by Crippen LogP contribution is 2.33. The van der Waals surface area contributed by atoms with Crippen LogP contribution in [0.5, 0.6) is 5.75 Å². The Bertz CT molecular complexity index is 836. The third-order valence-corrected chi connectivity index (χ3v) is 5.68. The van der Waals surface area contributed by atoms with E-state index >= 15 is 0 Å². The summed E-state index contributed by atoms with van der Waals surface area (Å²) < 4.78 is 5.98. The summed E-state index contributed by atoms with van der Waals surface area (Å²) in [6.45, 7) is 0.669. The van der Waals surface area contributed by atoms with Gasteiger partial charge in [0.15, 0.2) is 0 Å². The van der Waals surface area contributed by atoms with E-state index in [0.717, 1.165) is 31.2 Å². The van der Waals surface area contributed by atoms with Crippen LogP contribution in [0.4, 0.5) is 0 Å². The minimum Gasteiger partial charge on any atom is -0.491 e. The smallest absolute Gasteiger partial charge is 0.270 e. The van der Waals surface area contributed by atoms with Crippen molar-refractivity contribution in [2.75, 3.05) is 6.61 Å². The lowest BCUT2D eigenvalue weighted by molar-refractivity contribution is 0.0714. The van der Waals surface area contributed by atoms with Crippen molar-refractivity contribution >= 4 is 17.5 Å². The van der Waals surface area contributed by atoms with Gasteiger partial charge < -0.3 is 15.2 Å². The summed E-state index contributed by atoms with van der Waals surface area (Å²) in [6.07, 6.45) is 5.44. The molecule has 5 nitrogen and oxygen atoms in total. The second-order valence-corrected chi connectivity index (χ2v) is 8.17. The molecule has 0 spiro atoms. The molecule has 0 bridgehead atoms. The molecule has 2 aliphatic carbocycles. The van der Waals surface area contributed by atoms with Crippen molar-refractivity contribution in [3.8, 4) is 17.0 Å². The number of rotatable bonds is 6. The van der Waals surface area contributed by atoms with E-state index in [1.807, 2.05) is 18.2 Å². The molecule has 2 atom stereocenters.